The zero-order valence-electron chi connectivity index (χ0n) is 34.9. The molecule has 7 rings (SSSR count). The van der Waals surface area contributed by atoms with Gasteiger partial charge in [0.15, 0.2) is 10.8 Å². The molecule has 0 unspecified atom stereocenters. The summed E-state index contributed by atoms with van der Waals surface area (Å²) >= 11 is 2.49. The maximum atomic E-state index is 14.5. The van der Waals surface area contributed by atoms with Crippen LogP contribution in [0.3, 0.4) is 0 Å². The molecule has 322 valence electrons. The van der Waals surface area contributed by atoms with Crippen LogP contribution in [0.1, 0.15) is 55.1 Å². The zero-order valence-corrected chi connectivity index (χ0v) is 36.5. The lowest BCUT2D eigenvalue weighted by atomic mass is 9.80. The van der Waals surface area contributed by atoms with Crippen LogP contribution in [0.25, 0.3) is 6.08 Å². The lowest BCUT2D eigenvalue weighted by molar-refractivity contribution is -0.152. The van der Waals surface area contributed by atoms with Crippen LogP contribution in [0.2, 0.25) is 0 Å². The maximum absolute atomic E-state index is 14.5. The van der Waals surface area contributed by atoms with Gasteiger partial charge in [-0.1, -0.05) is 141 Å². The first-order valence-electron chi connectivity index (χ1n) is 20.3. The highest BCUT2D eigenvalue weighted by Crippen LogP contribution is 2.43. The third-order valence-corrected chi connectivity index (χ3v) is 12.0. The zero-order chi connectivity index (χ0) is 44.3. The minimum absolute atomic E-state index is 0.00338. The number of anilines is 1. The number of amides is 2. The number of thioether (sulfide) groups is 1. The first kappa shape index (κ1) is 44.2. The van der Waals surface area contributed by atoms with Gasteiger partial charge in [0.05, 0.1) is 12.2 Å². The normalized spacial score (nSPS) is 16.7. The average molecular weight is 883 g/mol. The molecule has 2 aliphatic heterocycles. The summed E-state index contributed by atoms with van der Waals surface area (Å²) in [6, 6.07) is 31.2. The molecule has 2 aromatic heterocycles. The van der Waals surface area contributed by atoms with Gasteiger partial charge in [-0.05, 0) is 29.5 Å². The fourth-order valence-corrected chi connectivity index (χ4v) is 8.89. The first-order chi connectivity index (χ1) is 30.6. The van der Waals surface area contributed by atoms with Gasteiger partial charge in [-0.25, -0.2) is 14.6 Å². The summed E-state index contributed by atoms with van der Waals surface area (Å²) in [7, 11) is 0. The molecule has 0 aliphatic carbocycles. The van der Waals surface area contributed by atoms with Gasteiger partial charge >= 0.3 is 11.9 Å². The van der Waals surface area contributed by atoms with Crippen LogP contribution in [0.5, 0.6) is 0 Å². The van der Waals surface area contributed by atoms with Crippen LogP contribution >= 0.6 is 23.1 Å². The van der Waals surface area contributed by atoms with Gasteiger partial charge in [-0.2, -0.15) is 0 Å². The Morgan fingerprint density at radius 2 is 1.59 bits per heavy atom. The molecule has 63 heavy (non-hydrogen) atoms. The van der Waals surface area contributed by atoms with Crippen molar-refractivity contribution in [2.45, 2.75) is 44.2 Å². The second-order valence-corrected chi connectivity index (χ2v) is 16.9. The van der Waals surface area contributed by atoms with E-state index in [4.69, 9.17) is 20.0 Å². The summed E-state index contributed by atoms with van der Waals surface area (Å²) in [4.78, 5) is 72.2. The molecule has 15 heteroatoms. The molecule has 0 radical (unpaired) electrons. The number of aromatic nitrogens is 2. The van der Waals surface area contributed by atoms with E-state index < -0.39 is 40.8 Å². The second kappa shape index (κ2) is 20.4. The van der Waals surface area contributed by atoms with Crippen molar-refractivity contribution in [2.75, 3.05) is 24.7 Å². The number of thiazole rings is 1. The van der Waals surface area contributed by atoms with Crippen molar-refractivity contribution in [1.82, 2.24) is 20.2 Å². The molecule has 0 spiro atoms. The lowest BCUT2D eigenvalue weighted by Gasteiger charge is -2.49. The van der Waals surface area contributed by atoms with Crippen molar-refractivity contribution in [3.63, 3.8) is 0 Å². The summed E-state index contributed by atoms with van der Waals surface area (Å²) in [5.74, 6) is -2.29. The predicted octanol–water partition coefficient (Wildman–Crippen LogP) is 7.28. The Hall–Kier alpha value is -6.84. The topological polar surface area (TPSA) is 175 Å². The minimum atomic E-state index is -1.32. The van der Waals surface area contributed by atoms with E-state index >= 15 is 0 Å². The van der Waals surface area contributed by atoms with Crippen molar-refractivity contribution in [3.05, 3.63) is 178 Å². The SMILES string of the molecule is CC/C=C(\COC(=O)C1=C(/C=C\c2cccnc2)CS[C@@H]2[C@H](NC(=O)/C(=N/OC(c3ccccc3)(c3ccccc3)c3ccccc3)c3csc(N)n3)C(=O)N12)C(=O)OCC(C)C. The van der Waals surface area contributed by atoms with E-state index in [-0.39, 0.29) is 52.7 Å². The summed E-state index contributed by atoms with van der Waals surface area (Å²) < 4.78 is 11.2. The van der Waals surface area contributed by atoms with Gasteiger partial charge in [0.25, 0.3) is 11.8 Å². The van der Waals surface area contributed by atoms with Crippen LogP contribution in [0.15, 0.2) is 155 Å². The highest BCUT2D eigenvalue weighted by atomic mass is 32.2. The molecule has 2 atom stereocenters. The number of ether oxygens (including phenoxy) is 2. The number of oxime groups is 1. The Balaban J connectivity index is 1.19. The number of allylic oxidation sites excluding steroid dienone is 2. The lowest BCUT2D eigenvalue weighted by Crippen LogP contribution is -2.71. The van der Waals surface area contributed by atoms with Crippen molar-refractivity contribution in [1.29, 1.82) is 0 Å². The third kappa shape index (κ3) is 9.95. The van der Waals surface area contributed by atoms with E-state index in [1.165, 1.54) is 16.7 Å². The van der Waals surface area contributed by atoms with Crippen LogP contribution < -0.4 is 11.1 Å². The van der Waals surface area contributed by atoms with Gasteiger partial charge < -0.3 is 25.4 Å². The molecule has 1 fully saturated rings. The number of esters is 2. The highest BCUT2D eigenvalue weighted by Gasteiger charge is 2.54. The Morgan fingerprint density at radius 3 is 2.14 bits per heavy atom. The molecule has 2 amide bonds. The Bertz CT molecular complexity index is 2450. The molecule has 2 aliphatic rings. The largest absolute Gasteiger partial charge is 0.462 e. The molecule has 4 heterocycles. The van der Waals surface area contributed by atoms with E-state index in [1.807, 2.05) is 118 Å². The summed E-state index contributed by atoms with van der Waals surface area (Å²) in [6.07, 6.45) is 9.00. The monoisotopic (exact) mass is 882 g/mol. The molecule has 5 aromatic rings. The van der Waals surface area contributed by atoms with Crippen molar-refractivity contribution >= 4 is 63.8 Å². The summed E-state index contributed by atoms with van der Waals surface area (Å²) in [6.45, 7) is 5.55. The van der Waals surface area contributed by atoms with Crippen molar-refractivity contribution in [2.24, 2.45) is 11.1 Å². The molecule has 0 saturated carbocycles. The summed E-state index contributed by atoms with van der Waals surface area (Å²) in [5.41, 5.74) is 8.40. The number of nitrogen functional groups attached to an aromatic ring is 1. The van der Waals surface area contributed by atoms with Gasteiger partial charge in [-0.3, -0.25) is 19.5 Å². The van der Waals surface area contributed by atoms with E-state index in [0.29, 0.717) is 12.0 Å². The number of nitrogens with one attached hydrogen (secondary N) is 1. The van der Waals surface area contributed by atoms with E-state index in [1.54, 1.807) is 42.1 Å². The van der Waals surface area contributed by atoms with Gasteiger partial charge in [0.1, 0.15) is 29.4 Å². The van der Waals surface area contributed by atoms with Gasteiger partial charge in [-0.15, -0.1) is 23.1 Å². The number of carbonyl (C=O) groups is 4. The molecule has 0 bridgehead atoms. The first-order valence-corrected chi connectivity index (χ1v) is 22.3. The standard InChI is InChI=1S/C48H46N6O7S2/c1-4-15-33(45(57)59-27-31(2)3)28-60-46(58)41-34(24-23-32-16-14-25-50-26-32)29-62-44-40(43(56)54(41)44)52-42(55)39(38-30-63-47(49)51-38)53-61-48(35-17-8-5-9-18-35,36-19-10-6-11-20-36)37-21-12-7-13-22-37/h5-26,30-31,40,44H,4,27-29H2,1-3H3,(H2,49,51)(H,52,55)/b24-23-,33-15+,53-39+/t40-,44-/m1/s1. The smallest absolute Gasteiger partial charge is 0.355 e. The molecule has 3 aromatic carbocycles. The number of benzene rings is 3. The Morgan fingerprint density at radius 1 is 0.937 bits per heavy atom. The van der Waals surface area contributed by atoms with Gasteiger partial charge in [0.2, 0.25) is 5.60 Å². The molecule has 1 saturated heterocycles. The maximum Gasteiger partial charge on any atom is 0.355 e. The average Bonchev–Trinajstić information content (AvgIpc) is 3.75. The van der Waals surface area contributed by atoms with Crippen LogP contribution in [-0.2, 0) is 39.1 Å². The molecule has 13 nitrogen and oxygen atoms in total. The number of hydrogen-bond acceptors (Lipinski definition) is 13. The number of fused-ring (bicyclic) bond motifs is 1. The highest BCUT2D eigenvalue weighted by molar-refractivity contribution is 8.00. The third-order valence-electron chi connectivity index (χ3n) is 10.1. The fraction of sp³-hybridized carbons (Fsp3) is 0.229. The minimum Gasteiger partial charge on any atom is -0.462 e. The van der Waals surface area contributed by atoms with Gasteiger partial charge in [0, 0.05) is 40.2 Å². The number of hydrogen-bond donors (Lipinski definition) is 2. The van der Waals surface area contributed by atoms with Crippen LogP contribution in [0, 0.1) is 5.92 Å². The Kier molecular flexibility index (Phi) is 14.3. The van der Waals surface area contributed by atoms with Crippen molar-refractivity contribution < 1.29 is 33.5 Å². The second-order valence-electron chi connectivity index (χ2n) is 14.9. The number of β-lactam (4-membered cyclic amide) rings is 1. The number of rotatable bonds is 17. The molecular weight excluding hydrogens is 837 g/mol. The molecular formula is C48H46N6O7S2. The number of pyridine rings is 1. The predicted molar refractivity (Wildman–Crippen MR) is 244 cm³/mol. The van der Waals surface area contributed by atoms with Crippen molar-refractivity contribution in [3.8, 4) is 0 Å². The number of nitrogens with zero attached hydrogens (tertiary/aromatic N) is 4. The van der Waals surface area contributed by atoms with E-state index in [0.717, 1.165) is 33.6 Å². The Labute approximate surface area is 373 Å². The number of nitrogens with two attached hydrogens (primary N) is 1. The van der Waals surface area contributed by atoms with E-state index in [2.05, 4.69) is 20.4 Å². The fourth-order valence-electron chi connectivity index (χ4n) is 7.03. The number of carbonyl (C=O) groups excluding carboxylic acids is 4. The molecule has 3 N–H and O–H groups in total. The van der Waals surface area contributed by atoms with Crippen LogP contribution in [0.4, 0.5) is 5.13 Å². The summed E-state index contributed by atoms with van der Waals surface area (Å²) in [5, 5.41) is 8.52. The van der Waals surface area contributed by atoms with Crippen LogP contribution in [-0.4, -0.2) is 74.7 Å². The quantitative estimate of drug-likeness (QED) is 0.0240. The van der Waals surface area contributed by atoms with E-state index in [9.17, 15) is 19.2 Å².